The molecule has 0 saturated carbocycles. The van der Waals surface area contributed by atoms with Crippen molar-refractivity contribution in [3.63, 3.8) is 0 Å². The Balaban J connectivity index is 1.51. The second-order valence-electron chi connectivity index (χ2n) is 30.5. The van der Waals surface area contributed by atoms with E-state index in [4.69, 9.17) is 22.6 Å². The fourth-order valence-corrected chi connectivity index (χ4v) is 13.6. The van der Waals surface area contributed by atoms with E-state index in [2.05, 4.69) is 94.7 Å². The number of imidazole rings is 1. The third kappa shape index (κ3) is 37.4. The number of thioether (sulfide) groups is 2. The van der Waals surface area contributed by atoms with Gasteiger partial charge < -0.3 is 132 Å². The topological polar surface area (TPSA) is 701 Å². The van der Waals surface area contributed by atoms with Crippen molar-refractivity contribution in [2.45, 2.75) is 222 Å². The van der Waals surface area contributed by atoms with Gasteiger partial charge in [-0.25, -0.2) is 9.78 Å². The Labute approximate surface area is 732 Å². The van der Waals surface area contributed by atoms with Crippen molar-refractivity contribution in [2.24, 2.45) is 29.0 Å². The van der Waals surface area contributed by atoms with Crippen molar-refractivity contribution < 1.29 is 102 Å². The highest BCUT2D eigenvalue weighted by atomic mass is 32.2. The van der Waals surface area contributed by atoms with E-state index in [1.807, 2.05) is 0 Å². The van der Waals surface area contributed by atoms with Crippen molar-refractivity contribution in [3.8, 4) is 0 Å². The van der Waals surface area contributed by atoms with E-state index in [1.165, 1.54) is 49.9 Å². The summed E-state index contributed by atoms with van der Waals surface area (Å²) in [5, 5.41) is 97.0. The van der Waals surface area contributed by atoms with Gasteiger partial charge >= 0.3 is 11.9 Å². The number of guanidine groups is 1. The first-order chi connectivity index (χ1) is 59.4. The van der Waals surface area contributed by atoms with Crippen LogP contribution < -0.4 is 97.0 Å². The van der Waals surface area contributed by atoms with Crippen LogP contribution in [0.15, 0.2) is 73.3 Å². The summed E-state index contributed by atoms with van der Waals surface area (Å²) in [5.41, 5.74) is 19.3. The van der Waals surface area contributed by atoms with Gasteiger partial charge in [0.2, 0.25) is 82.7 Å². The van der Waals surface area contributed by atoms with E-state index in [0.29, 0.717) is 39.9 Å². The summed E-state index contributed by atoms with van der Waals surface area (Å²) in [6.07, 6.45) is 5.01. The number of nitrogens with one attached hydrogen (secondary N) is 18. The number of H-pyrrole nitrogens is 2. The number of aliphatic carboxylic acids is 2. The maximum atomic E-state index is 14.8. The Morgan fingerprint density at radius 3 is 1.57 bits per heavy atom. The number of nitrogens with two attached hydrogens (primary N) is 3. The number of carboxylic acid groups (broad SMARTS) is 2. The molecule has 0 fully saturated rings. The summed E-state index contributed by atoms with van der Waals surface area (Å²) in [6.45, 7) is 6.61. The summed E-state index contributed by atoms with van der Waals surface area (Å²) < 4.78 is 0. The summed E-state index contributed by atoms with van der Waals surface area (Å²) in [7, 11) is 0. The van der Waals surface area contributed by atoms with E-state index in [-0.39, 0.29) is 95.4 Å². The molecule has 2 aromatic heterocycles. The molecule has 4 aromatic rings. The predicted octanol–water partition coefficient (Wildman–Crippen LogP) is -5.01. The smallest absolute Gasteiger partial charge is 0.326 e. The molecule has 0 aliphatic carbocycles. The third-order valence-electron chi connectivity index (χ3n) is 20.0. The molecule has 692 valence electrons. The van der Waals surface area contributed by atoms with Crippen LogP contribution in [0.3, 0.4) is 0 Å². The molecule has 0 unspecified atom stereocenters. The lowest BCUT2D eigenvalue weighted by molar-refractivity contribution is -0.142. The maximum Gasteiger partial charge on any atom is 0.326 e. The molecule has 0 aliphatic heterocycles. The number of benzene rings is 2. The number of fused-ring (bicyclic) bond motifs is 1. The van der Waals surface area contributed by atoms with E-state index < -0.39 is 230 Å². The Hall–Kier alpha value is -11.5. The summed E-state index contributed by atoms with van der Waals surface area (Å²) in [6, 6.07) is -5.84. The first-order valence-corrected chi connectivity index (χ1v) is 43.8. The minimum Gasteiger partial charge on any atom is -0.481 e. The van der Waals surface area contributed by atoms with Gasteiger partial charge in [0.1, 0.15) is 78.5 Å². The molecule has 0 spiro atoms. The zero-order valence-corrected chi connectivity index (χ0v) is 73.0. The molecule has 2 heterocycles. The monoisotopic (exact) mass is 1790 g/mol. The molecule has 45 heteroatoms. The van der Waals surface area contributed by atoms with Crippen molar-refractivity contribution in [1.82, 2.24) is 94.7 Å². The van der Waals surface area contributed by atoms with Crippen molar-refractivity contribution >= 4 is 135 Å². The van der Waals surface area contributed by atoms with Gasteiger partial charge in [-0.3, -0.25) is 77.3 Å². The second-order valence-corrected chi connectivity index (χ2v) is 32.4. The fraction of sp³-hybridized carbons (Fsp3) is 0.575. The lowest BCUT2D eigenvalue weighted by atomic mass is 9.97. The number of carboxylic acids is 2. The normalized spacial score (nSPS) is 15.1. The van der Waals surface area contributed by atoms with Gasteiger partial charge in [-0.2, -0.15) is 23.5 Å². The molecule has 16 atom stereocenters. The van der Waals surface area contributed by atoms with Gasteiger partial charge in [0.15, 0.2) is 5.96 Å². The second kappa shape index (κ2) is 55.7. The van der Waals surface area contributed by atoms with Gasteiger partial charge in [-0.15, -0.1) is 0 Å². The molecule has 14 amide bonds. The number of amides is 14. The average molecular weight is 1790 g/mol. The lowest BCUT2D eigenvalue weighted by Gasteiger charge is -2.29. The van der Waals surface area contributed by atoms with Crippen LogP contribution in [-0.2, 0) is 96.0 Å². The summed E-state index contributed by atoms with van der Waals surface area (Å²) >= 11 is 2.75. The average Bonchev–Trinajstić information content (AvgIpc) is 1.71. The van der Waals surface area contributed by atoms with Crippen LogP contribution in [0.1, 0.15) is 129 Å². The number of aromatic amines is 2. The molecule has 0 radical (unpaired) electrons. The Bertz CT molecular complexity index is 4220. The first kappa shape index (κ1) is 106. The SMILES string of the molecule is CC[C@H](C)[C@H](NC(=O)CNC(=O)[C@H](Cc1cnc[nH]1)NC(=O)[C@H](C)NC(=O)[C@H](CCCCN)NC(=O)[C@H](CCSC)NC(=O)[C@H](CC(C)C)NC(=O)[C@H](Cc1ccccc1)NC(=O)[C@@H](NC(=O)[C@H](CCCNC(=N)N)NC(=O)[C@H](CO)NC(=O)[C@@H](N)CCSC)[C@@H](C)O)C(=O)N[C@@H](CCC(=O)O)C(=O)N[C@@H](CO)C(=O)N[C@@H](Cc1c[nH]c2ccccc12)C(=O)O. The van der Waals surface area contributed by atoms with Crippen molar-refractivity contribution in [3.05, 3.63) is 90.1 Å². The molecule has 125 heavy (non-hydrogen) atoms. The number of hydrogen-bond acceptors (Lipinski definition) is 25. The highest BCUT2D eigenvalue weighted by Crippen LogP contribution is 2.21. The van der Waals surface area contributed by atoms with Crippen LogP contribution >= 0.6 is 23.5 Å². The predicted molar refractivity (Wildman–Crippen MR) is 464 cm³/mol. The molecule has 4 rings (SSSR count). The highest BCUT2D eigenvalue weighted by molar-refractivity contribution is 7.98. The number of aliphatic hydroxyl groups excluding tert-OH is 3. The molecule has 2 aromatic carbocycles. The maximum absolute atomic E-state index is 14.8. The highest BCUT2D eigenvalue weighted by Gasteiger charge is 2.39. The van der Waals surface area contributed by atoms with Crippen LogP contribution in [0.5, 0.6) is 0 Å². The summed E-state index contributed by atoms with van der Waals surface area (Å²) in [4.78, 5) is 231. The van der Waals surface area contributed by atoms with Crippen molar-refractivity contribution in [1.29, 1.82) is 5.41 Å². The van der Waals surface area contributed by atoms with E-state index in [0.717, 1.165) is 0 Å². The van der Waals surface area contributed by atoms with Gasteiger partial charge in [0.25, 0.3) is 0 Å². The van der Waals surface area contributed by atoms with Crippen LogP contribution in [0.4, 0.5) is 0 Å². The van der Waals surface area contributed by atoms with Crippen LogP contribution in [0.2, 0.25) is 0 Å². The minimum atomic E-state index is -1.83. The van der Waals surface area contributed by atoms with Crippen molar-refractivity contribution in [2.75, 3.05) is 56.9 Å². The minimum absolute atomic E-state index is 0.0271. The number of nitrogens with zero attached hydrogens (tertiary/aromatic N) is 1. The third-order valence-corrected chi connectivity index (χ3v) is 21.2. The van der Waals surface area contributed by atoms with Gasteiger partial charge in [0.05, 0.1) is 38.2 Å². The number of hydrogen-bond donors (Lipinski definition) is 26. The van der Waals surface area contributed by atoms with E-state index >= 15 is 0 Å². The zero-order valence-electron chi connectivity index (χ0n) is 71.4. The molecular formula is C80H124N22O21S2. The number of aromatic nitrogens is 3. The van der Waals surface area contributed by atoms with Crippen LogP contribution in [0.25, 0.3) is 10.9 Å². The zero-order chi connectivity index (χ0) is 93.0. The molecule has 43 nitrogen and oxygen atoms in total. The molecule has 29 N–H and O–H groups in total. The standard InChI is InChI=1S/C80H124N22O21S2/c1-9-43(4)64(77(120)94-54(24-25-63(107)108)70(113)100-61(40-104)76(119)98-59(79(122)123)34-47-36-87-51-21-14-13-20-49(47)51)101-62(106)38-88-68(111)58(35-48-37-85-41-89-48)95-66(109)44(5)90-69(112)52(22-15-16-28-81)91-71(114)55(27-31-125-8)93-73(116)56(32-42(2)3)96-74(117)57(33-46-18-11-10-12-19-46)97-78(121)65(45(6)105)102-72(115)53(23-17-29-86-80(83)84)92-75(118)60(39-103)99-67(110)50(82)26-30-124-7/h10-14,18-21,36-37,41-45,50,52-61,64-65,87,103-105H,9,15-17,22-35,38-40,81-82H2,1-8H3,(H,85,89)(H,88,111)(H,90,112)(H,91,114)(H,92,118)(H,93,116)(H,94,120)(H,95,109)(H,96,117)(H,97,121)(H,98,119)(H,99,110)(H,100,113)(H,101,106)(H,102,115)(H,107,108)(H,122,123)(H4,83,84,86)/t43-,44-,45+,50-,52-,53-,54-,55-,56-,57-,58-,59-,60-,61-,64-,65-/m0/s1. The number of carbonyl (C=O) groups is 16. The lowest BCUT2D eigenvalue weighted by Crippen LogP contribution is -2.62. The Kier molecular flexibility index (Phi) is 47.1. The van der Waals surface area contributed by atoms with Gasteiger partial charge in [-0.05, 0) is 131 Å². The molecule has 0 saturated heterocycles. The fourth-order valence-electron chi connectivity index (χ4n) is 12.7. The van der Waals surface area contributed by atoms with Gasteiger partial charge in [-0.1, -0.05) is 82.6 Å². The largest absolute Gasteiger partial charge is 0.481 e. The van der Waals surface area contributed by atoms with E-state index in [1.54, 1.807) is 101 Å². The molecular weight excluding hydrogens is 1670 g/mol. The number of para-hydroxylation sites is 1. The quantitative estimate of drug-likeness (QED) is 0.0112. The molecule has 0 aliphatic rings. The number of aliphatic hydroxyl groups is 3. The van der Waals surface area contributed by atoms with Crippen LogP contribution in [0, 0.1) is 17.2 Å². The van der Waals surface area contributed by atoms with Gasteiger partial charge in [0, 0.05) is 61.2 Å². The first-order valence-electron chi connectivity index (χ1n) is 41.0. The van der Waals surface area contributed by atoms with E-state index in [9.17, 15) is 102 Å². The van der Waals surface area contributed by atoms with Crippen LogP contribution in [-0.4, -0.2) is 289 Å². The Morgan fingerprint density at radius 1 is 0.504 bits per heavy atom. The number of carbonyl (C=O) groups excluding carboxylic acids is 14. The Morgan fingerprint density at radius 2 is 1.00 bits per heavy atom. The molecule has 0 bridgehead atoms. The summed E-state index contributed by atoms with van der Waals surface area (Å²) in [5.74, 6) is -17.0. The number of rotatable bonds is 59. The number of unbranched alkanes of at least 4 members (excludes halogenated alkanes) is 1.